The fourth-order valence-electron chi connectivity index (χ4n) is 2.36. The van der Waals surface area contributed by atoms with E-state index in [-0.39, 0.29) is 18.0 Å². The van der Waals surface area contributed by atoms with Gasteiger partial charge in [0.2, 0.25) is 5.88 Å². The molecule has 0 saturated carbocycles. The van der Waals surface area contributed by atoms with E-state index in [2.05, 4.69) is 19.9 Å². The Morgan fingerprint density at radius 3 is 2.64 bits per heavy atom. The third-order valence-corrected chi connectivity index (χ3v) is 4.08. The standard InChI is InChI=1S/C15H15N5O4S/c1-24-15-13-11(8-17-20-14(13)21)6-12(19-15)10-4-2-9(3-5-10)7-18-25(16,22)23/h2-6,8,18H,7H2,1H3,(H,20,21)(H2,16,22,23). The van der Waals surface area contributed by atoms with E-state index in [9.17, 15) is 13.2 Å². The van der Waals surface area contributed by atoms with Gasteiger partial charge in [-0.05, 0) is 11.6 Å². The van der Waals surface area contributed by atoms with Crippen LogP contribution in [0.1, 0.15) is 5.56 Å². The van der Waals surface area contributed by atoms with Crippen LogP contribution in [0.15, 0.2) is 41.3 Å². The molecule has 0 aliphatic rings. The summed E-state index contributed by atoms with van der Waals surface area (Å²) in [6.45, 7) is 0.0902. The second-order valence-corrected chi connectivity index (χ2v) is 6.62. The molecule has 9 nitrogen and oxygen atoms in total. The Labute approximate surface area is 143 Å². The van der Waals surface area contributed by atoms with E-state index < -0.39 is 10.2 Å². The van der Waals surface area contributed by atoms with Gasteiger partial charge in [0.15, 0.2) is 0 Å². The third-order valence-electron chi connectivity index (χ3n) is 3.53. The van der Waals surface area contributed by atoms with Crippen LogP contribution in [0.2, 0.25) is 0 Å². The van der Waals surface area contributed by atoms with Gasteiger partial charge in [-0.25, -0.2) is 15.2 Å². The lowest BCUT2D eigenvalue weighted by molar-refractivity contribution is 0.403. The molecule has 4 N–H and O–H groups in total. The van der Waals surface area contributed by atoms with Gasteiger partial charge < -0.3 is 4.74 Å². The van der Waals surface area contributed by atoms with Crippen LogP contribution in [0.4, 0.5) is 0 Å². The van der Waals surface area contributed by atoms with Crippen molar-refractivity contribution in [2.45, 2.75) is 6.54 Å². The number of aromatic nitrogens is 3. The Bertz CT molecular complexity index is 1080. The van der Waals surface area contributed by atoms with Crippen molar-refractivity contribution in [1.82, 2.24) is 19.9 Å². The molecule has 3 rings (SSSR count). The fraction of sp³-hybridized carbons (Fsp3) is 0.133. The summed E-state index contributed by atoms with van der Waals surface area (Å²) < 4.78 is 29.3. The smallest absolute Gasteiger partial charge is 0.277 e. The van der Waals surface area contributed by atoms with Crippen molar-refractivity contribution in [3.8, 4) is 17.1 Å². The molecule has 0 bridgehead atoms. The van der Waals surface area contributed by atoms with Crippen LogP contribution in [0.5, 0.6) is 5.88 Å². The lowest BCUT2D eigenvalue weighted by Crippen LogP contribution is -2.30. The lowest BCUT2D eigenvalue weighted by Gasteiger charge is -2.08. The van der Waals surface area contributed by atoms with Crippen LogP contribution in [0, 0.1) is 0 Å². The van der Waals surface area contributed by atoms with E-state index in [1.165, 1.54) is 13.3 Å². The molecule has 1 aromatic carbocycles. The van der Waals surface area contributed by atoms with E-state index in [0.717, 1.165) is 11.1 Å². The molecule has 2 aromatic heterocycles. The van der Waals surface area contributed by atoms with Gasteiger partial charge in [0.05, 0.1) is 19.0 Å². The number of hydrogen-bond acceptors (Lipinski definition) is 6. The summed E-state index contributed by atoms with van der Waals surface area (Å²) in [5.74, 6) is 0.205. The first-order valence-electron chi connectivity index (χ1n) is 7.16. The monoisotopic (exact) mass is 361 g/mol. The number of benzene rings is 1. The van der Waals surface area contributed by atoms with E-state index in [1.54, 1.807) is 30.3 Å². The fourth-order valence-corrected chi connectivity index (χ4v) is 2.73. The van der Waals surface area contributed by atoms with Crippen molar-refractivity contribution in [2.75, 3.05) is 7.11 Å². The molecule has 3 aromatic rings. The third kappa shape index (κ3) is 3.82. The summed E-state index contributed by atoms with van der Waals surface area (Å²) in [4.78, 5) is 16.3. The van der Waals surface area contributed by atoms with Crippen molar-refractivity contribution >= 4 is 21.0 Å². The van der Waals surface area contributed by atoms with Gasteiger partial charge in [0.25, 0.3) is 15.8 Å². The molecule has 0 fully saturated rings. The molecule has 0 atom stereocenters. The lowest BCUT2D eigenvalue weighted by atomic mass is 10.1. The Kier molecular flexibility index (Phi) is 4.49. The van der Waals surface area contributed by atoms with Gasteiger partial charge >= 0.3 is 0 Å². The second-order valence-electron chi connectivity index (χ2n) is 5.24. The number of H-pyrrole nitrogens is 1. The Morgan fingerprint density at radius 1 is 1.28 bits per heavy atom. The number of fused-ring (bicyclic) bond motifs is 1. The zero-order valence-corrected chi connectivity index (χ0v) is 14.0. The number of nitrogens with one attached hydrogen (secondary N) is 2. The SMILES string of the molecule is COc1nc(-c2ccc(CNS(N)(=O)=O)cc2)cc2cn[nH]c(=O)c12. The van der Waals surface area contributed by atoms with Crippen LogP contribution in [0.25, 0.3) is 22.0 Å². The quantitative estimate of drug-likeness (QED) is 0.596. The highest BCUT2D eigenvalue weighted by Crippen LogP contribution is 2.26. The molecular weight excluding hydrogens is 346 g/mol. The van der Waals surface area contributed by atoms with E-state index in [0.29, 0.717) is 16.5 Å². The summed E-state index contributed by atoms with van der Waals surface area (Å²) in [5.41, 5.74) is 1.74. The summed E-state index contributed by atoms with van der Waals surface area (Å²) in [6.07, 6.45) is 1.52. The normalized spacial score (nSPS) is 11.6. The number of ether oxygens (including phenoxy) is 1. The Morgan fingerprint density at radius 2 is 2.00 bits per heavy atom. The molecule has 0 aliphatic carbocycles. The van der Waals surface area contributed by atoms with Gasteiger partial charge in [-0.3, -0.25) is 4.79 Å². The Balaban J connectivity index is 1.98. The van der Waals surface area contributed by atoms with E-state index in [4.69, 9.17) is 9.88 Å². The number of pyridine rings is 1. The molecular formula is C15H15N5O4S. The Hall–Kier alpha value is -2.82. The molecule has 0 radical (unpaired) electrons. The molecule has 0 amide bonds. The van der Waals surface area contributed by atoms with Gasteiger partial charge in [-0.1, -0.05) is 24.3 Å². The van der Waals surface area contributed by atoms with E-state index in [1.807, 2.05) is 0 Å². The maximum absolute atomic E-state index is 11.9. The van der Waals surface area contributed by atoms with Crippen molar-refractivity contribution in [3.63, 3.8) is 0 Å². The van der Waals surface area contributed by atoms with Gasteiger partial charge in [0, 0.05) is 17.5 Å². The molecule has 0 aliphatic heterocycles. The van der Waals surface area contributed by atoms with Crippen LogP contribution in [-0.2, 0) is 16.8 Å². The van der Waals surface area contributed by atoms with Crippen molar-refractivity contribution in [1.29, 1.82) is 0 Å². The predicted octanol–water partition coefficient (Wildman–Crippen LogP) is 0.287. The molecule has 10 heteroatoms. The number of nitrogens with two attached hydrogens (primary N) is 1. The maximum atomic E-state index is 11.9. The summed E-state index contributed by atoms with van der Waals surface area (Å²) in [6, 6.07) is 8.81. The predicted molar refractivity (Wildman–Crippen MR) is 92.1 cm³/mol. The zero-order valence-electron chi connectivity index (χ0n) is 13.2. The number of rotatable bonds is 5. The van der Waals surface area contributed by atoms with Crippen LogP contribution < -0.4 is 20.2 Å². The molecule has 0 unspecified atom stereocenters. The average molecular weight is 361 g/mol. The molecule has 0 saturated heterocycles. The van der Waals surface area contributed by atoms with Gasteiger partial charge in [0.1, 0.15) is 5.39 Å². The first kappa shape index (κ1) is 17.0. The first-order chi connectivity index (χ1) is 11.9. The minimum atomic E-state index is -3.74. The molecule has 130 valence electrons. The summed E-state index contributed by atoms with van der Waals surface area (Å²) in [5, 5.41) is 12.0. The topological polar surface area (TPSA) is 140 Å². The number of aromatic amines is 1. The molecule has 25 heavy (non-hydrogen) atoms. The van der Waals surface area contributed by atoms with Gasteiger partial charge in [-0.15, -0.1) is 0 Å². The highest BCUT2D eigenvalue weighted by atomic mass is 32.2. The van der Waals surface area contributed by atoms with Crippen LogP contribution >= 0.6 is 0 Å². The number of hydrogen-bond donors (Lipinski definition) is 3. The second kappa shape index (κ2) is 6.59. The van der Waals surface area contributed by atoms with Crippen molar-refractivity contribution in [3.05, 3.63) is 52.4 Å². The first-order valence-corrected chi connectivity index (χ1v) is 8.71. The van der Waals surface area contributed by atoms with Crippen LogP contribution in [-0.4, -0.2) is 30.7 Å². The van der Waals surface area contributed by atoms with Gasteiger partial charge in [-0.2, -0.15) is 18.2 Å². The number of methoxy groups -OCH3 is 1. The molecule has 2 heterocycles. The summed E-state index contributed by atoms with van der Waals surface area (Å²) >= 11 is 0. The minimum Gasteiger partial charge on any atom is -0.480 e. The maximum Gasteiger partial charge on any atom is 0.277 e. The van der Waals surface area contributed by atoms with Crippen molar-refractivity contribution in [2.24, 2.45) is 5.14 Å². The average Bonchev–Trinajstić information content (AvgIpc) is 2.59. The highest BCUT2D eigenvalue weighted by molar-refractivity contribution is 7.87. The summed E-state index contributed by atoms with van der Waals surface area (Å²) in [7, 11) is -2.30. The van der Waals surface area contributed by atoms with E-state index >= 15 is 0 Å². The number of nitrogens with zero attached hydrogens (tertiary/aromatic N) is 2. The van der Waals surface area contributed by atoms with Crippen molar-refractivity contribution < 1.29 is 13.2 Å². The van der Waals surface area contributed by atoms with Crippen LogP contribution in [0.3, 0.4) is 0 Å². The minimum absolute atomic E-state index is 0.0902. The largest absolute Gasteiger partial charge is 0.480 e. The molecule has 0 spiro atoms. The highest BCUT2D eigenvalue weighted by Gasteiger charge is 2.12. The zero-order chi connectivity index (χ0) is 18.0.